The zero-order chi connectivity index (χ0) is 14.0. The summed E-state index contributed by atoms with van der Waals surface area (Å²) < 4.78 is 5.23. The van der Waals surface area contributed by atoms with Crippen LogP contribution in [0.25, 0.3) is 0 Å². The Balaban J connectivity index is 2.06. The first-order valence-electron chi connectivity index (χ1n) is 6.11. The number of aromatic nitrogens is 2. The number of thioether (sulfide) groups is 1. The summed E-state index contributed by atoms with van der Waals surface area (Å²) in [6.07, 6.45) is 0.918. The van der Waals surface area contributed by atoms with E-state index in [2.05, 4.69) is 10.2 Å². The predicted molar refractivity (Wildman–Crippen MR) is 68.1 cm³/mol. The maximum Gasteiger partial charge on any atom is 0.277 e. The Labute approximate surface area is 114 Å². The molecule has 1 aromatic heterocycles. The van der Waals surface area contributed by atoms with Crippen LogP contribution >= 0.6 is 11.8 Å². The predicted octanol–water partition coefficient (Wildman–Crippen LogP) is 0.546. The fourth-order valence-corrected chi connectivity index (χ4v) is 2.77. The van der Waals surface area contributed by atoms with E-state index in [4.69, 9.17) is 10.2 Å². The minimum absolute atomic E-state index is 0.0760. The van der Waals surface area contributed by atoms with E-state index in [0.29, 0.717) is 5.89 Å². The number of nitrogens with zero attached hydrogens (tertiary/aromatic N) is 3. The molecule has 2 unspecified atom stereocenters. The van der Waals surface area contributed by atoms with Gasteiger partial charge in [0.15, 0.2) is 0 Å². The molecule has 0 spiro atoms. The molecule has 0 aliphatic carbocycles. The number of imide groups is 1. The van der Waals surface area contributed by atoms with Gasteiger partial charge in [0, 0.05) is 12.5 Å². The highest BCUT2D eigenvalue weighted by Gasteiger charge is 2.41. The van der Waals surface area contributed by atoms with Gasteiger partial charge in [0.2, 0.25) is 17.7 Å². The summed E-state index contributed by atoms with van der Waals surface area (Å²) in [5.74, 6) is -0.00897. The number of likely N-dealkylation sites (tertiary alicyclic amines) is 1. The zero-order valence-corrected chi connectivity index (χ0v) is 11.6. The molecule has 1 aliphatic rings. The summed E-state index contributed by atoms with van der Waals surface area (Å²) in [5.41, 5.74) is 5.37. The molecule has 2 N–H and O–H groups in total. The molecule has 1 saturated heterocycles. The van der Waals surface area contributed by atoms with Crippen LogP contribution in [0.3, 0.4) is 0 Å². The van der Waals surface area contributed by atoms with Crippen molar-refractivity contribution in [2.45, 2.75) is 49.7 Å². The average molecular weight is 284 g/mol. The van der Waals surface area contributed by atoms with Crippen LogP contribution in [0.2, 0.25) is 0 Å². The van der Waals surface area contributed by atoms with Gasteiger partial charge in [0.05, 0.1) is 6.54 Å². The van der Waals surface area contributed by atoms with E-state index in [1.54, 1.807) is 0 Å². The van der Waals surface area contributed by atoms with Crippen molar-refractivity contribution in [1.82, 2.24) is 15.1 Å². The lowest BCUT2D eigenvalue weighted by molar-refractivity contribution is -0.140. The maximum absolute atomic E-state index is 12.2. The van der Waals surface area contributed by atoms with Crippen LogP contribution in [0.15, 0.2) is 9.64 Å². The van der Waals surface area contributed by atoms with Gasteiger partial charge in [-0.3, -0.25) is 14.5 Å². The molecule has 2 rings (SSSR count). The Morgan fingerprint density at radius 2 is 2.26 bits per heavy atom. The first-order valence-corrected chi connectivity index (χ1v) is 6.99. The van der Waals surface area contributed by atoms with E-state index in [0.717, 1.165) is 18.2 Å². The Kier molecular flexibility index (Phi) is 4.20. The van der Waals surface area contributed by atoms with Gasteiger partial charge in [0.1, 0.15) is 5.25 Å². The number of amides is 2. The van der Waals surface area contributed by atoms with Gasteiger partial charge in [-0.25, -0.2) is 0 Å². The quantitative estimate of drug-likeness (QED) is 0.787. The first-order chi connectivity index (χ1) is 9.06. The van der Waals surface area contributed by atoms with Gasteiger partial charge >= 0.3 is 0 Å². The molecule has 0 saturated carbocycles. The molecule has 0 bridgehead atoms. The molecule has 0 aromatic carbocycles. The van der Waals surface area contributed by atoms with E-state index < -0.39 is 5.25 Å². The summed E-state index contributed by atoms with van der Waals surface area (Å²) >= 11 is 1.12. The number of hydrogen-bond donors (Lipinski definition) is 1. The first kappa shape index (κ1) is 14.0. The molecule has 1 fully saturated rings. The van der Waals surface area contributed by atoms with E-state index in [1.165, 1.54) is 4.90 Å². The maximum atomic E-state index is 12.2. The third kappa shape index (κ3) is 2.79. The molecule has 2 atom stereocenters. The molecule has 1 aromatic rings. The van der Waals surface area contributed by atoms with Gasteiger partial charge < -0.3 is 10.2 Å². The Bertz CT molecular complexity index is 490. The topological polar surface area (TPSA) is 102 Å². The molecule has 1 aliphatic heterocycles. The Hall–Kier alpha value is -1.41. The normalized spacial score (nSPS) is 21.2. The van der Waals surface area contributed by atoms with Gasteiger partial charge in [-0.2, -0.15) is 0 Å². The lowest BCUT2D eigenvalue weighted by atomic mass is 10.2. The molecule has 19 heavy (non-hydrogen) atoms. The number of hydrogen-bond acceptors (Lipinski definition) is 7. The fraction of sp³-hybridized carbons (Fsp3) is 0.636. The third-order valence-corrected chi connectivity index (χ3v) is 4.06. The largest absolute Gasteiger partial charge is 0.415 e. The minimum Gasteiger partial charge on any atom is -0.415 e. The lowest BCUT2D eigenvalue weighted by Gasteiger charge is -2.21. The van der Waals surface area contributed by atoms with Gasteiger partial charge in [-0.1, -0.05) is 18.7 Å². The van der Waals surface area contributed by atoms with E-state index in [-0.39, 0.29) is 36.0 Å². The summed E-state index contributed by atoms with van der Waals surface area (Å²) in [5, 5.41) is 7.30. The van der Waals surface area contributed by atoms with Crippen LogP contribution in [-0.4, -0.2) is 38.2 Å². The van der Waals surface area contributed by atoms with Crippen molar-refractivity contribution in [3.8, 4) is 0 Å². The average Bonchev–Trinajstić information content (AvgIpc) is 2.95. The van der Waals surface area contributed by atoms with Crippen LogP contribution in [0.1, 0.15) is 32.6 Å². The van der Waals surface area contributed by atoms with Crippen molar-refractivity contribution < 1.29 is 14.0 Å². The van der Waals surface area contributed by atoms with Crippen molar-refractivity contribution in [3.63, 3.8) is 0 Å². The number of nitrogens with two attached hydrogens (primary N) is 1. The zero-order valence-electron chi connectivity index (χ0n) is 10.8. The second kappa shape index (κ2) is 5.70. The van der Waals surface area contributed by atoms with Crippen molar-refractivity contribution in [2.24, 2.45) is 5.73 Å². The van der Waals surface area contributed by atoms with Crippen molar-refractivity contribution in [2.75, 3.05) is 0 Å². The highest BCUT2D eigenvalue weighted by Crippen LogP contribution is 2.31. The smallest absolute Gasteiger partial charge is 0.277 e. The van der Waals surface area contributed by atoms with Crippen LogP contribution in [0.5, 0.6) is 0 Å². The Morgan fingerprint density at radius 3 is 2.84 bits per heavy atom. The number of carbonyl (C=O) groups is 2. The van der Waals surface area contributed by atoms with Crippen LogP contribution in [0, 0.1) is 0 Å². The van der Waals surface area contributed by atoms with Gasteiger partial charge in [-0.05, 0) is 13.3 Å². The van der Waals surface area contributed by atoms with E-state index in [1.807, 2.05) is 13.8 Å². The SMILES string of the molecule is CCC(C)N1C(=O)CC(Sc2nnc(CN)o2)C1=O. The third-order valence-electron chi connectivity index (χ3n) is 3.04. The van der Waals surface area contributed by atoms with Gasteiger partial charge in [-0.15, -0.1) is 10.2 Å². The molecule has 2 amide bonds. The Morgan fingerprint density at radius 1 is 1.53 bits per heavy atom. The standard InChI is InChI=1S/C11H16N4O3S/c1-3-6(2)15-9(16)4-7(10(15)17)19-11-14-13-8(5-12)18-11/h6-7H,3-5,12H2,1-2H3. The summed E-state index contributed by atoms with van der Waals surface area (Å²) in [4.78, 5) is 25.4. The van der Waals surface area contributed by atoms with Crippen molar-refractivity contribution in [1.29, 1.82) is 0 Å². The molecular formula is C11H16N4O3S. The van der Waals surface area contributed by atoms with Crippen LogP contribution in [0.4, 0.5) is 0 Å². The second-order valence-corrected chi connectivity index (χ2v) is 5.49. The fourth-order valence-electron chi connectivity index (χ4n) is 1.85. The molecule has 8 heteroatoms. The number of rotatable bonds is 5. The van der Waals surface area contributed by atoms with Crippen molar-refractivity contribution >= 4 is 23.6 Å². The summed E-state index contributed by atoms with van der Waals surface area (Å²) in [6, 6.07) is -0.0760. The van der Waals surface area contributed by atoms with Crippen LogP contribution in [-0.2, 0) is 16.1 Å². The molecule has 2 heterocycles. The van der Waals surface area contributed by atoms with E-state index >= 15 is 0 Å². The molecule has 0 radical (unpaired) electrons. The highest BCUT2D eigenvalue weighted by atomic mass is 32.2. The summed E-state index contributed by atoms with van der Waals surface area (Å²) in [7, 11) is 0. The van der Waals surface area contributed by atoms with Gasteiger partial charge in [0.25, 0.3) is 5.22 Å². The molecule has 7 nitrogen and oxygen atoms in total. The second-order valence-electron chi connectivity index (χ2n) is 4.34. The monoisotopic (exact) mass is 284 g/mol. The van der Waals surface area contributed by atoms with E-state index in [9.17, 15) is 9.59 Å². The minimum atomic E-state index is -0.479. The lowest BCUT2D eigenvalue weighted by Crippen LogP contribution is -2.38. The van der Waals surface area contributed by atoms with Crippen LogP contribution < -0.4 is 5.73 Å². The highest BCUT2D eigenvalue weighted by molar-refractivity contribution is 8.00. The summed E-state index contributed by atoms with van der Waals surface area (Å²) in [6.45, 7) is 3.96. The molecule has 104 valence electrons. The number of carbonyl (C=O) groups excluding carboxylic acids is 2. The van der Waals surface area contributed by atoms with Crippen molar-refractivity contribution in [3.05, 3.63) is 5.89 Å². The molecular weight excluding hydrogens is 268 g/mol.